The van der Waals surface area contributed by atoms with E-state index in [0.29, 0.717) is 11.2 Å². The maximum absolute atomic E-state index is 14.2. The van der Waals surface area contributed by atoms with Crippen molar-refractivity contribution in [2.75, 3.05) is 39.1 Å². The second-order valence-corrected chi connectivity index (χ2v) is 12.3. The second-order valence-electron chi connectivity index (χ2n) is 9.33. The molecule has 0 radical (unpaired) electrons. The standard InChI is InChI=1S/C25H30F2N4O3S2.ClH/c1-29(2)13-14-31(25-28-23-21(27)15-18(26)16-22(23)35-25)24(32)17-9-11-20(12-10-17)36(33,34)30(3)19-7-5-4-6-8-19;/h9-12,15-16,19H,4-8,13-14H2,1-3H3;1H. The molecule has 0 unspecified atom stereocenters. The van der Waals surface area contributed by atoms with Gasteiger partial charge in [0.1, 0.15) is 11.3 Å². The van der Waals surface area contributed by atoms with Crippen LogP contribution < -0.4 is 4.90 Å². The van der Waals surface area contributed by atoms with Gasteiger partial charge in [-0.05, 0) is 57.3 Å². The van der Waals surface area contributed by atoms with Crippen molar-refractivity contribution >= 4 is 55.0 Å². The van der Waals surface area contributed by atoms with Crippen molar-refractivity contribution in [3.05, 3.63) is 53.6 Å². The maximum Gasteiger partial charge on any atom is 0.260 e. The summed E-state index contributed by atoms with van der Waals surface area (Å²) in [6, 6.07) is 7.80. The highest BCUT2D eigenvalue weighted by Gasteiger charge is 2.29. The highest BCUT2D eigenvalue weighted by Crippen LogP contribution is 2.32. The Morgan fingerprint density at radius 2 is 1.68 bits per heavy atom. The number of benzene rings is 2. The summed E-state index contributed by atoms with van der Waals surface area (Å²) in [5, 5.41) is 0.245. The number of fused-ring (bicyclic) bond motifs is 1. The summed E-state index contributed by atoms with van der Waals surface area (Å²) in [6.45, 7) is 0.775. The molecule has 1 aliphatic rings. The molecule has 0 aliphatic heterocycles. The third-order valence-corrected chi connectivity index (χ3v) is 9.47. The molecule has 1 amide bonds. The van der Waals surface area contributed by atoms with Crippen LogP contribution >= 0.6 is 23.7 Å². The van der Waals surface area contributed by atoms with Gasteiger partial charge in [-0.1, -0.05) is 30.6 Å². The van der Waals surface area contributed by atoms with Crippen LogP contribution in [0.4, 0.5) is 13.9 Å². The number of nitrogens with zero attached hydrogens (tertiary/aromatic N) is 4. The van der Waals surface area contributed by atoms with Gasteiger partial charge in [0.2, 0.25) is 10.0 Å². The lowest BCUT2D eigenvalue weighted by atomic mass is 9.96. The Labute approximate surface area is 226 Å². The number of amides is 1. The predicted molar refractivity (Wildman–Crippen MR) is 145 cm³/mol. The van der Waals surface area contributed by atoms with Gasteiger partial charge in [0.05, 0.1) is 9.60 Å². The summed E-state index contributed by atoms with van der Waals surface area (Å²) >= 11 is 1.03. The van der Waals surface area contributed by atoms with Crippen LogP contribution in [-0.4, -0.2) is 68.8 Å². The van der Waals surface area contributed by atoms with E-state index >= 15 is 0 Å². The van der Waals surface area contributed by atoms with Crippen LogP contribution in [0.1, 0.15) is 42.5 Å². The quantitative estimate of drug-likeness (QED) is 0.373. The Balaban J connectivity index is 0.00000380. The zero-order chi connectivity index (χ0) is 26.0. The van der Waals surface area contributed by atoms with E-state index < -0.39 is 27.6 Å². The summed E-state index contributed by atoms with van der Waals surface area (Å²) in [4.78, 5) is 21.2. The molecule has 1 heterocycles. The Bertz CT molecular complexity index is 1340. The van der Waals surface area contributed by atoms with Gasteiger partial charge in [-0.3, -0.25) is 9.69 Å². The van der Waals surface area contributed by atoms with Crippen molar-refractivity contribution in [3.8, 4) is 0 Å². The predicted octanol–water partition coefficient (Wildman–Crippen LogP) is 5.16. The summed E-state index contributed by atoms with van der Waals surface area (Å²) in [7, 11) is 1.65. The van der Waals surface area contributed by atoms with Crippen molar-refractivity contribution in [1.82, 2.24) is 14.2 Å². The minimum absolute atomic E-state index is 0. The molecule has 1 saturated carbocycles. The lowest BCUT2D eigenvalue weighted by Crippen LogP contribution is -2.38. The molecule has 2 aromatic carbocycles. The van der Waals surface area contributed by atoms with Crippen LogP contribution in [0.2, 0.25) is 0 Å². The smallest absolute Gasteiger partial charge is 0.260 e. The fraction of sp³-hybridized carbons (Fsp3) is 0.440. The van der Waals surface area contributed by atoms with Crippen molar-refractivity contribution in [2.45, 2.75) is 43.0 Å². The van der Waals surface area contributed by atoms with Gasteiger partial charge in [0.15, 0.2) is 10.9 Å². The number of carbonyl (C=O) groups excluding carboxylic acids is 1. The van der Waals surface area contributed by atoms with E-state index in [0.717, 1.165) is 49.5 Å². The van der Waals surface area contributed by atoms with E-state index in [2.05, 4.69) is 4.98 Å². The number of halogens is 3. The highest BCUT2D eigenvalue weighted by atomic mass is 35.5. The normalized spacial score (nSPS) is 14.8. The molecule has 202 valence electrons. The monoisotopic (exact) mass is 572 g/mol. The molecule has 0 atom stereocenters. The third kappa shape index (κ3) is 6.46. The summed E-state index contributed by atoms with van der Waals surface area (Å²) in [6.07, 6.45) is 4.85. The molecular weight excluding hydrogens is 542 g/mol. The van der Waals surface area contributed by atoms with Crippen molar-refractivity contribution in [1.29, 1.82) is 0 Å². The van der Waals surface area contributed by atoms with E-state index in [4.69, 9.17) is 0 Å². The van der Waals surface area contributed by atoms with Crippen LogP contribution in [-0.2, 0) is 10.0 Å². The summed E-state index contributed by atoms with van der Waals surface area (Å²) in [5.41, 5.74) is 0.283. The lowest BCUT2D eigenvalue weighted by Gasteiger charge is -2.30. The van der Waals surface area contributed by atoms with Gasteiger partial charge in [-0.2, -0.15) is 4.31 Å². The fourth-order valence-corrected chi connectivity index (χ4v) is 6.82. The first kappa shape index (κ1) is 29.4. The Hall–Kier alpha value is -2.18. The van der Waals surface area contributed by atoms with Crippen molar-refractivity contribution < 1.29 is 22.0 Å². The van der Waals surface area contributed by atoms with Gasteiger partial charge in [0, 0.05) is 37.8 Å². The van der Waals surface area contributed by atoms with Crippen LogP contribution in [0.25, 0.3) is 10.2 Å². The molecule has 3 aromatic rings. The Morgan fingerprint density at radius 3 is 2.30 bits per heavy atom. The van der Waals surface area contributed by atoms with Gasteiger partial charge in [-0.25, -0.2) is 22.2 Å². The van der Waals surface area contributed by atoms with E-state index in [9.17, 15) is 22.0 Å². The van der Waals surface area contributed by atoms with Gasteiger partial charge >= 0.3 is 0 Å². The molecule has 0 spiro atoms. The molecular formula is C25H31ClF2N4O3S2. The first-order valence-electron chi connectivity index (χ1n) is 11.9. The molecule has 37 heavy (non-hydrogen) atoms. The first-order valence-corrected chi connectivity index (χ1v) is 14.1. The minimum atomic E-state index is -3.69. The number of sulfonamides is 1. The largest absolute Gasteiger partial charge is 0.308 e. The number of likely N-dealkylation sites (N-methyl/N-ethyl adjacent to an activating group) is 1. The summed E-state index contributed by atoms with van der Waals surface area (Å²) < 4.78 is 56.0. The fourth-order valence-electron chi connectivity index (χ4n) is 4.38. The molecule has 0 saturated heterocycles. The Morgan fingerprint density at radius 1 is 1.03 bits per heavy atom. The molecule has 4 rings (SSSR count). The van der Waals surface area contributed by atoms with Crippen LogP contribution in [0, 0.1) is 11.6 Å². The van der Waals surface area contributed by atoms with Crippen LogP contribution in [0.15, 0.2) is 41.3 Å². The molecule has 12 heteroatoms. The maximum atomic E-state index is 14.2. The molecule has 7 nitrogen and oxygen atoms in total. The third-order valence-electron chi connectivity index (χ3n) is 6.52. The number of aromatic nitrogens is 1. The SMILES string of the molecule is CN(C)CCN(C(=O)c1ccc(S(=O)(=O)N(C)C2CCCCC2)cc1)c1nc2c(F)cc(F)cc2s1.Cl. The van der Waals surface area contributed by atoms with E-state index in [-0.39, 0.29) is 46.1 Å². The second kappa shape index (κ2) is 12.1. The summed E-state index contributed by atoms with van der Waals surface area (Å²) in [5.74, 6) is -1.90. The molecule has 1 fully saturated rings. The number of hydrogen-bond donors (Lipinski definition) is 0. The zero-order valence-corrected chi connectivity index (χ0v) is 23.4. The number of anilines is 1. The minimum Gasteiger partial charge on any atom is -0.308 e. The lowest BCUT2D eigenvalue weighted by molar-refractivity contribution is 0.0985. The Kier molecular flexibility index (Phi) is 9.62. The van der Waals surface area contributed by atoms with Crippen molar-refractivity contribution in [2.24, 2.45) is 0 Å². The molecule has 1 aliphatic carbocycles. The molecule has 0 bridgehead atoms. The molecule has 1 aromatic heterocycles. The number of rotatable bonds is 8. The average Bonchev–Trinajstić information content (AvgIpc) is 3.28. The topological polar surface area (TPSA) is 73.8 Å². The van der Waals surface area contributed by atoms with Crippen molar-refractivity contribution in [3.63, 3.8) is 0 Å². The number of hydrogen-bond acceptors (Lipinski definition) is 6. The first-order chi connectivity index (χ1) is 17.1. The van der Waals surface area contributed by atoms with E-state index in [1.54, 1.807) is 7.05 Å². The number of carbonyl (C=O) groups is 1. The van der Waals surface area contributed by atoms with Crippen LogP contribution in [0.3, 0.4) is 0 Å². The van der Waals surface area contributed by atoms with Crippen LogP contribution in [0.5, 0.6) is 0 Å². The van der Waals surface area contributed by atoms with Gasteiger partial charge < -0.3 is 4.90 Å². The van der Waals surface area contributed by atoms with Gasteiger partial charge in [-0.15, -0.1) is 12.4 Å². The van der Waals surface area contributed by atoms with Gasteiger partial charge in [0.25, 0.3) is 5.91 Å². The zero-order valence-electron chi connectivity index (χ0n) is 21.0. The molecule has 0 N–H and O–H groups in total. The van der Waals surface area contributed by atoms with E-state index in [1.807, 2.05) is 19.0 Å². The van der Waals surface area contributed by atoms with E-state index in [1.165, 1.54) is 39.5 Å². The average molecular weight is 573 g/mol. The number of thiazole rings is 1. The highest BCUT2D eigenvalue weighted by molar-refractivity contribution is 7.89.